The third-order valence-corrected chi connectivity index (χ3v) is 3.22. The summed E-state index contributed by atoms with van der Waals surface area (Å²) >= 11 is 0. The first-order chi connectivity index (χ1) is 9.61. The number of amides is 1. The molecule has 0 fully saturated rings. The molecular weight excluding hydrogens is 252 g/mol. The predicted octanol–water partition coefficient (Wildman–Crippen LogP) is 2.39. The van der Waals surface area contributed by atoms with E-state index in [1.165, 1.54) is 0 Å². The predicted molar refractivity (Wildman–Crippen MR) is 79.8 cm³/mol. The van der Waals surface area contributed by atoms with Crippen molar-refractivity contribution in [3.8, 4) is 0 Å². The Morgan fingerprint density at radius 2 is 2.15 bits per heavy atom. The van der Waals surface area contributed by atoms with E-state index in [1.807, 2.05) is 39.0 Å². The van der Waals surface area contributed by atoms with Crippen LogP contribution in [0.5, 0.6) is 0 Å². The summed E-state index contributed by atoms with van der Waals surface area (Å²) in [6, 6.07) is 5.66. The molecule has 1 heterocycles. The average molecular weight is 272 g/mol. The van der Waals surface area contributed by atoms with Crippen LogP contribution in [0.3, 0.4) is 0 Å². The van der Waals surface area contributed by atoms with E-state index in [0.717, 1.165) is 22.6 Å². The van der Waals surface area contributed by atoms with Crippen molar-refractivity contribution < 1.29 is 4.79 Å². The van der Waals surface area contributed by atoms with Crippen molar-refractivity contribution in [2.45, 2.75) is 27.3 Å². The molecule has 0 radical (unpaired) electrons. The summed E-state index contributed by atoms with van der Waals surface area (Å²) in [7, 11) is 0. The highest BCUT2D eigenvalue weighted by Crippen LogP contribution is 2.18. The summed E-state index contributed by atoms with van der Waals surface area (Å²) in [5.74, 6) is -0.0495. The Bertz CT molecular complexity index is 604. The first kappa shape index (κ1) is 14.1. The third kappa shape index (κ3) is 3.17. The van der Waals surface area contributed by atoms with Crippen molar-refractivity contribution >= 4 is 11.6 Å². The normalized spacial score (nSPS) is 10.3. The lowest BCUT2D eigenvalue weighted by atomic mass is 10.1. The molecule has 5 nitrogen and oxygen atoms in total. The summed E-state index contributed by atoms with van der Waals surface area (Å²) in [6.07, 6.45) is 1.68. The number of benzene rings is 1. The monoisotopic (exact) mass is 272 g/mol. The molecule has 106 valence electrons. The molecule has 0 aliphatic heterocycles. The van der Waals surface area contributed by atoms with Crippen LogP contribution in [-0.2, 0) is 6.54 Å². The molecule has 0 aliphatic rings. The van der Waals surface area contributed by atoms with E-state index < -0.39 is 0 Å². The third-order valence-electron chi connectivity index (χ3n) is 3.22. The van der Waals surface area contributed by atoms with Crippen molar-refractivity contribution in [3.63, 3.8) is 0 Å². The number of nitrogens with one attached hydrogen (secondary N) is 3. The number of aryl methyl sites for hydroxylation is 2. The zero-order chi connectivity index (χ0) is 14.5. The maximum absolute atomic E-state index is 11.8. The lowest BCUT2D eigenvalue weighted by Gasteiger charge is -2.11. The molecule has 1 aromatic carbocycles. The minimum absolute atomic E-state index is 0.0495. The molecule has 0 saturated heterocycles. The second-order valence-corrected chi connectivity index (χ2v) is 4.72. The number of nitrogens with zero attached hydrogens (tertiary/aromatic N) is 1. The van der Waals surface area contributed by atoms with E-state index >= 15 is 0 Å². The molecule has 20 heavy (non-hydrogen) atoms. The van der Waals surface area contributed by atoms with Gasteiger partial charge in [-0.3, -0.25) is 4.79 Å². The van der Waals surface area contributed by atoms with Crippen LogP contribution < -0.4 is 10.6 Å². The number of imidazole rings is 1. The van der Waals surface area contributed by atoms with Crippen molar-refractivity contribution in [2.24, 2.45) is 0 Å². The van der Waals surface area contributed by atoms with Gasteiger partial charge in [0.15, 0.2) is 0 Å². The van der Waals surface area contributed by atoms with Crippen LogP contribution in [0, 0.1) is 13.8 Å². The number of aromatic nitrogens is 2. The van der Waals surface area contributed by atoms with E-state index in [4.69, 9.17) is 0 Å². The number of carbonyl (C=O) groups is 1. The fourth-order valence-electron chi connectivity index (χ4n) is 1.96. The minimum atomic E-state index is -0.0495. The van der Waals surface area contributed by atoms with Crippen LogP contribution in [0.2, 0.25) is 0 Å². The van der Waals surface area contributed by atoms with Gasteiger partial charge in [-0.25, -0.2) is 4.98 Å². The number of hydrogen-bond donors (Lipinski definition) is 3. The van der Waals surface area contributed by atoms with Crippen LogP contribution in [0.25, 0.3) is 0 Å². The zero-order valence-electron chi connectivity index (χ0n) is 12.1. The molecule has 0 bridgehead atoms. The number of H-pyrrole nitrogens is 1. The Hall–Kier alpha value is -2.30. The van der Waals surface area contributed by atoms with E-state index in [-0.39, 0.29) is 5.91 Å². The number of carbonyl (C=O) groups excluding carboxylic acids is 1. The summed E-state index contributed by atoms with van der Waals surface area (Å²) in [5, 5.41) is 6.13. The molecule has 1 aromatic heterocycles. The molecule has 0 saturated carbocycles. The smallest absolute Gasteiger partial charge is 0.251 e. The largest absolute Gasteiger partial charge is 0.379 e. The van der Waals surface area contributed by atoms with Crippen molar-refractivity contribution in [1.82, 2.24) is 15.3 Å². The van der Waals surface area contributed by atoms with Gasteiger partial charge in [0.2, 0.25) is 0 Å². The summed E-state index contributed by atoms with van der Waals surface area (Å²) in [5.41, 5.74) is 4.75. The van der Waals surface area contributed by atoms with Gasteiger partial charge < -0.3 is 15.6 Å². The topological polar surface area (TPSA) is 69.8 Å². The first-order valence-corrected chi connectivity index (χ1v) is 6.73. The summed E-state index contributed by atoms with van der Waals surface area (Å²) in [6.45, 7) is 7.17. The highest BCUT2D eigenvalue weighted by Gasteiger charge is 2.08. The molecule has 0 spiro atoms. The molecular formula is C15H20N4O. The Morgan fingerprint density at radius 3 is 2.80 bits per heavy atom. The fourth-order valence-corrected chi connectivity index (χ4v) is 1.96. The maximum atomic E-state index is 11.8. The van der Waals surface area contributed by atoms with Gasteiger partial charge in [0, 0.05) is 23.5 Å². The second-order valence-electron chi connectivity index (χ2n) is 4.72. The fraction of sp³-hybridized carbons (Fsp3) is 0.333. The van der Waals surface area contributed by atoms with E-state index in [1.54, 1.807) is 6.33 Å². The Kier molecular flexibility index (Phi) is 4.40. The van der Waals surface area contributed by atoms with Gasteiger partial charge in [-0.05, 0) is 38.5 Å². The molecule has 2 rings (SSSR count). The van der Waals surface area contributed by atoms with E-state index in [9.17, 15) is 4.79 Å². The van der Waals surface area contributed by atoms with Crippen molar-refractivity contribution in [1.29, 1.82) is 0 Å². The van der Waals surface area contributed by atoms with Gasteiger partial charge in [-0.1, -0.05) is 6.07 Å². The second kappa shape index (κ2) is 6.23. The quantitative estimate of drug-likeness (QED) is 0.782. The van der Waals surface area contributed by atoms with Crippen LogP contribution in [-0.4, -0.2) is 22.4 Å². The van der Waals surface area contributed by atoms with Gasteiger partial charge >= 0.3 is 0 Å². The van der Waals surface area contributed by atoms with E-state index in [0.29, 0.717) is 18.7 Å². The molecule has 2 aromatic rings. The average Bonchev–Trinajstić information content (AvgIpc) is 2.83. The van der Waals surface area contributed by atoms with Crippen LogP contribution in [0.4, 0.5) is 5.69 Å². The Morgan fingerprint density at radius 1 is 1.35 bits per heavy atom. The molecule has 0 aliphatic carbocycles. The Balaban J connectivity index is 2.12. The zero-order valence-corrected chi connectivity index (χ0v) is 12.1. The summed E-state index contributed by atoms with van der Waals surface area (Å²) < 4.78 is 0. The highest BCUT2D eigenvalue weighted by atomic mass is 16.1. The summed E-state index contributed by atoms with van der Waals surface area (Å²) in [4.78, 5) is 19.1. The molecule has 5 heteroatoms. The Labute approximate surface area is 118 Å². The van der Waals surface area contributed by atoms with Crippen LogP contribution >= 0.6 is 0 Å². The SMILES string of the molecule is CCNC(=O)c1ccc(C)c(NCc2nc[nH]c2C)c1. The van der Waals surface area contributed by atoms with Gasteiger partial charge in [-0.2, -0.15) is 0 Å². The highest BCUT2D eigenvalue weighted by molar-refractivity contribution is 5.95. The number of rotatable bonds is 5. The number of anilines is 1. The van der Waals surface area contributed by atoms with Gasteiger partial charge in [0.1, 0.15) is 0 Å². The maximum Gasteiger partial charge on any atom is 0.251 e. The molecule has 1 amide bonds. The number of aromatic amines is 1. The lowest BCUT2D eigenvalue weighted by Crippen LogP contribution is -2.22. The van der Waals surface area contributed by atoms with Crippen LogP contribution in [0.1, 0.15) is 34.2 Å². The lowest BCUT2D eigenvalue weighted by molar-refractivity contribution is 0.0956. The minimum Gasteiger partial charge on any atom is -0.379 e. The van der Waals surface area contributed by atoms with Crippen molar-refractivity contribution in [3.05, 3.63) is 47.0 Å². The van der Waals surface area contributed by atoms with Crippen molar-refractivity contribution in [2.75, 3.05) is 11.9 Å². The van der Waals surface area contributed by atoms with E-state index in [2.05, 4.69) is 20.6 Å². The number of hydrogen-bond acceptors (Lipinski definition) is 3. The van der Waals surface area contributed by atoms with Gasteiger partial charge in [0.25, 0.3) is 5.91 Å². The van der Waals surface area contributed by atoms with Gasteiger partial charge in [0.05, 0.1) is 18.6 Å². The molecule has 3 N–H and O–H groups in total. The first-order valence-electron chi connectivity index (χ1n) is 6.73. The standard InChI is InChI=1S/C15H20N4O/c1-4-16-15(20)12-6-5-10(2)13(7-12)17-8-14-11(3)18-9-19-14/h5-7,9,17H,4,8H2,1-3H3,(H,16,20)(H,18,19). The van der Waals surface area contributed by atoms with Crippen LogP contribution in [0.15, 0.2) is 24.5 Å². The molecule has 0 atom stereocenters. The molecule has 0 unspecified atom stereocenters. The van der Waals surface area contributed by atoms with Gasteiger partial charge in [-0.15, -0.1) is 0 Å².